The Bertz CT molecular complexity index is 450. The molecule has 0 saturated carbocycles. The first-order valence-corrected chi connectivity index (χ1v) is 6.28. The number of carbonyl (C=O) groups is 1. The SMILES string of the molecule is Cc1nccnc1C(C)N1CCC(C)C1C(=O)O. The number of carboxylic acids is 1. The van der Waals surface area contributed by atoms with E-state index in [-0.39, 0.29) is 12.0 Å². The average Bonchev–Trinajstić information content (AvgIpc) is 2.71. The van der Waals surface area contributed by atoms with Crippen molar-refractivity contribution in [2.24, 2.45) is 5.92 Å². The van der Waals surface area contributed by atoms with Crippen LogP contribution in [0.25, 0.3) is 0 Å². The van der Waals surface area contributed by atoms with Gasteiger partial charge in [0.05, 0.1) is 17.4 Å². The van der Waals surface area contributed by atoms with Gasteiger partial charge in [0.15, 0.2) is 0 Å². The molecule has 0 amide bonds. The lowest BCUT2D eigenvalue weighted by molar-refractivity contribution is -0.144. The summed E-state index contributed by atoms with van der Waals surface area (Å²) in [4.78, 5) is 22.0. The lowest BCUT2D eigenvalue weighted by atomic mass is 10.0. The van der Waals surface area contributed by atoms with Gasteiger partial charge in [-0.3, -0.25) is 19.7 Å². The minimum atomic E-state index is -0.742. The van der Waals surface area contributed by atoms with Crippen molar-refractivity contribution in [1.29, 1.82) is 0 Å². The third-order valence-corrected chi connectivity index (χ3v) is 3.80. The zero-order valence-corrected chi connectivity index (χ0v) is 11.0. The molecular weight excluding hydrogens is 230 g/mol. The number of aryl methyl sites for hydroxylation is 1. The van der Waals surface area contributed by atoms with Crippen LogP contribution in [0.4, 0.5) is 0 Å². The van der Waals surface area contributed by atoms with Crippen LogP contribution in [0.2, 0.25) is 0 Å². The quantitative estimate of drug-likeness (QED) is 0.882. The Labute approximate surface area is 107 Å². The van der Waals surface area contributed by atoms with Crippen molar-refractivity contribution in [1.82, 2.24) is 14.9 Å². The Morgan fingerprint density at radius 2 is 2.17 bits per heavy atom. The number of nitrogens with zero attached hydrogens (tertiary/aromatic N) is 3. The molecule has 5 nitrogen and oxygen atoms in total. The van der Waals surface area contributed by atoms with Gasteiger partial charge in [-0.05, 0) is 32.7 Å². The van der Waals surface area contributed by atoms with Crippen molar-refractivity contribution in [3.63, 3.8) is 0 Å². The molecule has 0 aromatic carbocycles. The van der Waals surface area contributed by atoms with Crippen LogP contribution in [0, 0.1) is 12.8 Å². The van der Waals surface area contributed by atoms with E-state index in [0.29, 0.717) is 0 Å². The van der Waals surface area contributed by atoms with Gasteiger partial charge >= 0.3 is 5.97 Å². The smallest absolute Gasteiger partial charge is 0.321 e. The van der Waals surface area contributed by atoms with Gasteiger partial charge in [0, 0.05) is 12.4 Å². The molecule has 1 fully saturated rings. The molecule has 0 radical (unpaired) electrons. The number of rotatable bonds is 3. The number of carboxylic acid groups (broad SMARTS) is 1. The summed E-state index contributed by atoms with van der Waals surface area (Å²) in [6.07, 6.45) is 4.24. The van der Waals surface area contributed by atoms with Crippen LogP contribution in [-0.4, -0.2) is 38.5 Å². The highest BCUT2D eigenvalue weighted by Crippen LogP contribution is 2.32. The molecule has 1 N–H and O–H groups in total. The van der Waals surface area contributed by atoms with Crippen LogP contribution in [0.3, 0.4) is 0 Å². The zero-order chi connectivity index (χ0) is 13.3. The predicted molar refractivity (Wildman–Crippen MR) is 67.1 cm³/mol. The summed E-state index contributed by atoms with van der Waals surface area (Å²) in [6, 6.07) is -0.425. The van der Waals surface area contributed by atoms with E-state index < -0.39 is 12.0 Å². The van der Waals surface area contributed by atoms with E-state index >= 15 is 0 Å². The van der Waals surface area contributed by atoms with Crippen LogP contribution in [0.5, 0.6) is 0 Å². The minimum Gasteiger partial charge on any atom is -0.480 e. The molecule has 1 aliphatic heterocycles. The number of aromatic nitrogens is 2. The maximum atomic E-state index is 11.4. The molecule has 1 saturated heterocycles. The second-order valence-electron chi connectivity index (χ2n) is 4.99. The number of likely N-dealkylation sites (tertiary alicyclic amines) is 1. The van der Waals surface area contributed by atoms with E-state index in [1.807, 2.05) is 25.7 Å². The maximum absolute atomic E-state index is 11.4. The van der Waals surface area contributed by atoms with Gasteiger partial charge in [-0.1, -0.05) is 6.92 Å². The largest absolute Gasteiger partial charge is 0.480 e. The van der Waals surface area contributed by atoms with Crippen LogP contribution in [0.1, 0.15) is 37.7 Å². The standard InChI is InChI=1S/C13H19N3O2/c1-8-4-7-16(12(8)13(17)18)10(3)11-9(2)14-5-6-15-11/h5-6,8,10,12H,4,7H2,1-3H3,(H,17,18). The van der Waals surface area contributed by atoms with E-state index in [4.69, 9.17) is 0 Å². The molecule has 3 atom stereocenters. The van der Waals surface area contributed by atoms with Crippen LogP contribution in [0.15, 0.2) is 12.4 Å². The van der Waals surface area contributed by atoms with Crippen LogP contribution < -0.4 is 0 Å². The molecule has 3 unspecified atom stereocenters. The third kappa shape index (κ3) is 2.22. The fourth-order valence-electron chi connectivity index (χ4n) is 2.78. The van der Waals surface area contributed by atoms with Gasteiger partial charge in [-0.15, -0.1) is 0 Å². The first kappa shape index (κ1) is 13.0. The molecule has 1 aliphatic rings. The number of aliphatic carboxylic acids is 1. The van der Waals surface area contributed by atoms with Gasteiger partial charge in [-0.25, -0.2) is 0 Å². The van der Waals surface area contributed by atoms with Crippen molar-refractivity contribution in [2.75, 3.05) is 6.54 Å². The van der Waals surface area contributed by atoms with E-state index in [1.54, 1.807) is 12.4 Å². The molecule has 2 rings (SSSR count). The zero-order valence-electron chi connectivity index (χ0n) is 11.0. The summed E-state index contributed by atoms with van der Waals surface area (Å²) in [5.74, 6) is -0.560. The Morgan fingerprint density at radius 1 is 1.50 bits per heavy atom. The molecule has 0 bridgehead atoms. The lowest BCUT2D eigenvalue weighted by Gasteiger charge is -2.29. The van der Waals surface area contributed by atoms with Crippen molar-refractivity contribution in [3.05, 3.63) is 23.8 Å². The Balaban J connectivity index is 2.26. The summed E-state index contributed by atoms with van der Waals surface area (Å²) < 4.78 is 0. The molecule has 1 aromatic rings. The van der Waals surface area contributed by atoms with Crippen LogP contribution in [-0.2, 0) is 4.79 Å². The predicted octanol–water partition coefficient (Wildman–Crippen LogP) is 1.64. The van der Waals surface area contributed by atoms with E-state index in [2.05, 4.69) is 9.97 Å². The van der Waals surface area contributed by atoms with Gasteiger partial charge in [0.25, 0.3) is 0 Å². The van der Waals surface area contributed by atoms with Gasteiger partial charge in [0.2, 0.25) is 0 Å². The summed E-state index contributed by atoms with van der Waals surface area (Å²) in [7, 11) is 0. The minimum absolute atomic E-state index is 0.00949. The topological polar surface area (TPSA) is 66.3 Å². The van der Waals surface area contributed by atoms with Crippen molar-refractivity contribution in [2.45, 2.75) is 39.3 Å². The second-order valence-corrected chi connectivity index (χ2v) is 4.99. The summed E-state index contributed by atoms with van der Waals surface area (Å²) in [6.45, 7) is 6.71. The molecular formula is C13H19N3O2. The average molecular weight is 249 g/mol. The summed E-state index contributed by atoms with van der Waals surface area (Å²) >= 11 is 0. The Morgan fingerprint density at radius 3 is 2.78 bits per heavy atom. The Kier molecular flexibility index (Phi) is 3.61. The molecule has 18 heavy (non-hydrogen) atoms. The highest BCUT2D eigenvalue weighted by atomic mass is 16.4. The van der Waals surface area contributed by atoms with E-state index in [0.717, 1.165) is 24.4 Å². The maximum Gasteiger partial charge on any atom is 0.321 e. The normalized spacial score (nSPS) is 26.2. The second kappa shape index (κ2) is 5.02. The summed E-state index contributed by atoms with van der Waals surface area (Å²) in [5, 5.41) is 9.34. The molecule has 0 spiro atoms. The van der Waals surface area contributed by atoms with Gasteiger partial charge in [-0.2, -0.15) is 0 Å². The molecule has 0 aliphatic carbocycles. The van der Waals surface area contributed by atoms with Crippen molar-refractivity contribution >= 4 is 5.97 Å². The Hall–Kier alpha value is -1.49. The molecule has 2 heterocycles. The fourth-order valence-corrected chi connectivity index (χ4v) is 2.78. The molecule has 98 valence electrons. The highest BCUT2D eigenvalue weighted by molar-refractivity contribution is 5.74. The highest BCUT2D eigenvalue weighted by Gasteiger charge is 2.40. The van der Waals surface area contributed by atoms with Crippen molar-refractivity contribution < 1.29 is 9.90 Å². The monoisotopic (exact) mass is 249 g/mol. The third-order valence-electron chi connectivity index (χ3n) is 3.80. The number of hydrogen-bond acceptors (Lipinski definition) is 4. The van der Waals surface area contributed by atoms with Gasteiger partial charge < -0.3 is 5.11 Å². The van der Waals surface area contributed by atoms with Crippen LogP contribution >= 0.6 is 0 Å². The van der Waals surface area contributed by atoms with Gasteiger partial charge in [0.1, 0.15) is 6.04 Å². The number of hydrogen-bond donors (Lipinski definition) is 1. The first-order chi connectivity index (χ1) is 8.52. The summed E-state index contributed by atoms with van der Waals surface area (Å²) in [5.41, 5.74) is 1.74. The molecule has 5 heteroatoms. The lowest BCUT2D eigenvalue weighted by Crippen LogP contribution is -2.40. The van der Waals surface area contributed by atoms with E-state index in [1.165, 1.54) is 0 Å². The first-order valence-electron chi connectivity index (χ1n) is 6.28. The van der Waals surface area contributed by atoms with E-state index in [9.17, 15) is 9.90 Å². The van der Waals surface area contributed by atoms with Crippen molar-refractivity contribution in [3.8, 4) is 0 Å². The fraction of sp³-hybridized carbons (Fsp3) is 0.615. The molecule has 1 aromatic heterocycles.